The molecule has 0 saturated heterocycles. The van der Waals surface area contributed by atoms with Crippen LogP contribution in [0.3, 0.4) is 0 Å². The molecule has 0 fully saturated rings. The van der Waals surface area contributed by atoms with Crippen molar-refractivity contribution < 1.29 is 33.5 Å². The van der Waals surface area contributed by atoms with Crippen LogP contribution in [-0.4, -0.2) is 43.0 Å². The molecular weight excluding hydrogens is 236 g/mol. The average molecular weight is 247 g/mol. The molecule has 10 heteroatoms. The number of hydrogen-bond acceptors (Lipinski definition) is 3. The lowest BCUT2D eigenvalue weighted by Crippen LogP contribution is -2.30. The van der Waals surface area contributed by atoms with Gasteiger partial charge in [-0.15, -0.1) is 0 Å². The first-order valence-electron chi connectivity index (χ1n) is 3.36. The number of carbonyl (C=O) groups is 1. The molecule has 0 aromatic rings. The van der Waals surface area contributed by atoms with Gasteiger partial charge in [-0.25, -0.2) is 0 Å². The predicted molar refractivity (Wildman–Crippen MR) is 46.3 cm³/mol. The van der Waals surface area contributed by atoms with Gasteiger partial charge in [0.15, 0.2) is 0 Å². The molecule has 0 bridgehead atoms. The number of nitrogens with zero attached hydrogens (tertiary/aromatic N) is 1. The molecule has 0 aliphatic carbocycles. The van der Waals surface area contributed by atoms with Crippen molar-refractivity contribution in [3.05, 3.63) is 0 Å². The van der Waals surface area contributed by atoms with E-state index in [2.05, 4.69) is 0 Å². The van der Waals surface area contributed by atoms with Gasteiger partial charge >= 0.3 is 15.2 Å². The first-order chi connectivity index (χ1) is 6.01. The molecular formula is C4H11NO7P2. The molecule has 0 aliphatic heterocycles. The number of hydrogen-bond donors (Lipinski definition) is 4. The molecule has 0 spiro atoms. The van der Waals surface area contributed by atoms with E-state index in [1.54, 1.807) is 0 Å². The Morgan fingerprint density at radius 1 is 1.07 bits per heavy atom. The van der Waals surface area contributed by atoms with Crippen LogP contribution in [0.15, 0.2) is 0 Å². The van der Waals surface area contributed by atoms with Crippen LogP contribution in [-0.2, 0) is 13.9 Å². The number of amides is 1. The first kappa shape index (κ1) is 13.8. The Hall–Kier alpha value is -0.230. The van der Waals surface area contributed by atoms with Crippen molar-refractivity contribution in [2.24, 2.45) is 0 Å². The maximum Gasteiger partial charge on any atom is 0.344 e. The molecule has 0 aromatic carbocycles. The minimum Gasteiger partial charge on any atom is -0.323 e. The van der Waals surface area contributed by atoms with E-state index < -0.39 is 33.7 Å². The summed E-state index contributed by atoms with van der Waals surface area (Å²) in [5.74, 6) is -0.809. The predicted octanol–water partition coefficient (Wildman–Crippen LogP) is -0.895. The summed E-state index contributed by atoms with van der Waals surface area (Å²) in [6.45, 7) is 0.964. The Kier molecular flexibility index (Phi) is 4.45. The van der Waals surface area contributed by atoms with Crippen LogP contribution in [0.25, 0.3) is 0 Å². The van der Waals surface area contributed by atoms with Gasteiger partial charge in [-0.05, 0) is 0 Å². The molecule has 0 rings (SSSR count). The summed E-state index contributed by atoms with van der Waals surface area (Å²) in [4.78, 5) is 45.1. The highest BCUT2D eigenvalue weighted by Gasteiger charge is 2.27. The van der Waals surface area contributed by atoms with E-state index in [0.29, 0.717) is 4.90 Å². The van der Waals surface area contributed by atoms with E-state index in [1.807, 2.05) is 0 Å². The highest BCUT2D eigenvalue weighted by atomic mass is 31.2. The molecule has 0 heterocycles. The first-order valence-corrected chi connectivity index (χ1v) is 6.95. The molecule has 0 unspecified atom stereocenters. The summed E-state index contributed by atoms with van der Waals surface area (Å²) in [6, 6.07) is 0. The molecule has 0 aliphatic rings. The van der Waals surface area contributed by atoms with Gasteiger partial charge in [-0.2, -0.15) is 0 Å². The fraction of sp³-hybridized carbons (Fsp3) is 0.750. The Labute approximate surface area is 79.9 Å². The summed E-state index contributed by atoms with van der Waals surface area (Å²) in [5, 5.41) is 0. The van der Waals surface area contributed by atoms with Gasteiger partial charge in [-0.3, -0.25) is 13.9 Å². The van der Waals surface area contributed by atoms with E-state index in [1.165, 1.54) is 0 Å². The second-order valence-electron chi connectivity index (χ2n) is 2.67. The van der Waals surface area contributed by atoms with Gasteiger partial charge in [0.2, 0.25) is 5.91 Å². The minimum atomic E-state index is -4.50. The summed E-state index contributed by atoms with van der Waals surface area (Å²) in [7, 11) is -9.00. The van der Waals surface area contributed by atoms with Crippen molar-refractivity contribution in [1.82, 2.24) is 4.90 Å². The summed E-state index contributed by atoms with van der Waals surface area (Å²) in [5.41, 5.74) is 0. The average Bonchev–Trinajstić information content (AvgIpc) is 1.78. The lowest BCUT2D eigenvalue weighted by atomic mass is 10.6. The smallest absolute Gasteiger partial charge is 0.323 e. The summed E-state index contributed by atoms with van der Waals surface area (Å²) >= 11 is 0. The monoisotopic (exact) mass is 247 g/mol. The third-order valence-electron chi connectivity index (χ3n) is 1.16. The van der Waals surface area contributed by atoms with Crippen molar-refractivity contribution in [3.63, 3.8) is 0 Å². The zero-order valence-electron chi connectivity index (χ0n) is 7.27. The lowest BCUT2D eigenvalue weighted by molar-refractivity contribution is -0.127. The Morgan fingerprint density at radius 2 is 1.36 bits per heavy atom. The van der Waals surface area contributed by atoms with Crippen LogP contribution in [0.1, 0.15) is 6.92 Å². The highest BCUT2D eigenvalue weighted by Crippen LogP contribution is 2.40. The van der Waals surface area contributed by atoms with Crippen molar-refractivity contribution in [2.45, 2.75) is 6.92 Å². The van der Waals surface area contributed by atoms with E-state index in [9.17, 15) is 13.9 Å². The van der Waals surface area contributed by atoms with Crippen molar-refractivity contribution in [3.8, 4) is 0 Å². The summed E-state index contributed by atoms with van der Waals surface area (Å²) in [6.07, 6.45) is -1.99. The molecule has 4 N–H and O–H groups in total. The third-order valence-corrected chi connectivity index (χ3v) is 2.57. The maximum atomic E-state index is 10.7. The highest BCUT2D eigenvalue weighted by molar-refractivity contribution is 7.52. The SMILES string of the molecule is CC(=O)N(CP(=O)(O)O)CP(=O)(O)O. The minimum absolute atomic E-state index is 0.418. The van der Waals surface area contributed by atoms with Crippen LogP contribution >= 0.6 is 15.2 Å². The largest absolute Gasteiger partial charge is 0.344 e. The van der Waals surface area contributed by atoms with Gasteiger partial charge in [0.25, 0.3) is 0 Å². The molecule has 14 heavy (non-hydrogen) atoms. The van der Waals surface area contributed by atoms with Crippen LogP contribution in [0.5, 0.6) is 0 Å². The van der Waals surface area contributed by atoms with Crippen LogP contribution in [0, 0.1) is 0 Å². The summed E-state index contributed by atoms with van der Waals surface area (Å²) < 4.78 is 21.0. The van der Waals surface area contributed by atoms with Crippen LogP contribution in [0.4, 0.5) is 0 Å². The Morgan fingerprint density at radius 3 is 1.50 bits per heavy atom. The number of rotatable bonds is 4. The molecule has 0 radical (unpaired) electrons. The zero-order chi connectivity index (χ0) is 11.6. The second-order valence-corrected chi connectivity index (χ2v) is 5.90. The maximum absolute atomic E-state index is 10.7. The lowest BCUT2D eigenvalue weighted by Gasteiger charge is -2.21. The number of carbonyl (C=O) groups excluding carboxylic acids is 1. The van der Waals surface area contributed by atoms with Gasteiger partial charge in [-0.1, -0.05) is 0 Å². The fourth-order valence-electron chi connectivity index (χ4n) is 0.689. The Balaban J connectivity index is 4.56. The van der Waals surface area contributed by atoms with Crippen LogP contribution < -0.4 is 0 Å². The van der Waals surface area contributed by atoms with Gasteiger partial charge in [0.05, 0.1) is 0 Å². The van der Waals surface area contributed by atoms with Gasteiger partial charge in [0.1, 0.15) is 12.6 Å². The molecule has 0 saturated carbocycles. The van der Waals surface area contributed by atoms with Crippen molar-refractivity contribution >= 4 is 21.1 Å². The standard InChI is InChI=1S/C4H11NO7P2/c1-4(6)5(2-13(7,8)9)3-14(10,11)12/h2-3H2,1H3,(H2,7,8,9)(H2,10,11,12). The van der Waals surface area contributed by atoms with E-state index in [4.69, 9.17) is 19.6 Å². The topological polar surface area (TPSA) is 135 Å². The van der Waals surface area contributed by atoms with Gasteiger partial charge < -0.3 is 24.5 Å². The zero-order valence-corrected chi connectivity index (χ0v) is 9.06. The molecule has 0 atom stereocenters. The van der Waals surface area contributed by atoms with E-state index in [-0.39, 0.29) is 0 Å². The van der Waals surface area contributed by atoms with Crippen LogP contribution in [0.2, 0.25) is 0 Å². The quantitative estimate of drug-likeness (QED) is 0.473. The molecule has 84 valence electrons. The fourth-order valence-corrected chi connectivity index (χ4v) is 2.33. The van der Waals surface area contributed by atoms with Crippen molar-refractivity contribution in [2.75, 3.05) is 12.6 Å². The molecule has 1 amide bonds. The molecule has 0 aromatic heterocycles. The second kappa shape index (κ2) is 4.53. The third kappa shape index (κ3) is 7.20. The molecule has 8 nitrogen and oxygen atoms in total. The normalized spacial score (nSPS) is 12.6. The van der Waals surface area contributed by atoms with E-state index in [0.717, 1.165) is 6.92 Å². The van der Waals surface area contributed by atoms with Gasteiger partial charge in [0, 0.05) is 6.92 Å². The van der Waals surface area contributed by atoms with E-state index >= 15 is 0 Å². The van der Waals surface area contributed by atoms with Crippen molar-refractivity contribution in [1.29, 1.82) is 0 Å². The Bertz CT molecular complexity index is 279.